The summed E-state index contributed by atoms with van der Waals surface area (Å²) in [5, 5.41) is 0. The van der Waals surface area contributed by atoms with Gasteiger partial charge in [0.2, 0.25) is 5.91 Å². The van der Waals surface area contributed by atoms with Gasteiger partial charge in [-0.05, 0) is 49.9 Å². The molecule has 1 aromatic rings. The number of rotatable bonds is 2. The van der Waals surface area contributed by atoms with Gasteiger partial charge in [-0.2, -0.15) is 0 Å². The molecule has 17 heavy (non-hydrogen) atoms. The topological polar surface area (TPSA) is 58.2 Å². The lowest BCUT2D eigenvalue weighted by Gasteiger charge is -2.08. The van der Waals surface area contributed by atoms with Crippen LogP contribution in [-0.4, -0.2) is 11.8 Å². The predicted molar refractivity (Wildman–Crippen MR) is 64.2 cm³/mol. The van der Waals surface area contributed by atoms with Crippen molar-refractivity contribution in [1.82, 2.24) is 10.9 Å². The van der Waals surface area contributed by atoms with E-state index >= 15 is 0 Å². The summed E-state index contributed by atoms with van der Waals surface area (Å²) >= 11 is 0. The molecule has 0 unspecified atom stereocenters. The molecule has 0 aromatic heterocycles. The molecule has 0 heterocycles. The zero-order chi connectivity index (χ0) is 12.4. The molecule has 90 valence electrons. The third kappa shape index (κ3) is 2.84. The second-order valence-electron chi connectivity index (χ2n) is 4.52. The molecule has 2 amide bonds. The van der Waals surface area contributed by atoms with Crippen LogP contribution in [0.2, 0.25) is 0 Å². The quantitative estimate of drug-likeness (QED) is 0.759. The van der Waals surface area contributed by atoms with Gasteiger partial charge < -0.3 is 0 Å². The fourth-order valence-corrected chi connectivity index (χ4v) is 1.52. The lowest BCUT2D eigenvalue weighted by Crippen LogP contribution is -2.42. The molecule has 0 bridgehead atoms. The van der Waals surface area contributed by atoms with Gasteiger partial charge in [-0.1, -0.05) is 6.07 Å². The first-order chi connectivity index (χ1) is 8.08. The van der Waals surface area contributed by atoms with Crippen LogP contribution in [0.1, 0.15) is 34.3 Å². The molecule has 0 spiro atoms. The van der Waals surface area contributed by atoms with E-state index in [1.165, 1.54) is 0 Å². The van der Waals surface area contributed by atoms with Gasteiger partial charge >= 0.3 is 0 Å². The van der Waals surface area contributed by atoms with Crippen molar-refractivity contribution < 1.29 is 9.59 Å². The lowest BCUT2D eigenvalue weighted by atomic mass is 10.1. The van der Waals surface area contributed by atoms with Crippen LogP contribution in [0.15, 0.2) is 18.2 Å². The lowest BCUT2D eigenvalue weighted by molar-refractivity contribution is -0.123. The van der Waals surface area contributed by atoms with Crippen molar-refractivity contribution in [2.75, 3.05) is 0 Å². The van der Waals surface area contributed by atoms with Gasteiger partial charge in [0.1, 0.15) is 0 Å². The van der Waals surface area contributed by atoms with Gasteiger partial charge in [0.25, 0.3) is 5.91 Å². The normalized spacial score (nSPS) is 14.2. The summed E-state index contributed by atoms with van der Waals surface area (Å²) in [4.78, 5) is 23.1. The highest BCUT2D eigenvalue weighted by atomic mass is 16.2. The number of carbonyl (C=O) groups excluding carboxylic acids is 2. The number of carbonyl (C=O) groups is 2. The maximum atomic E-state index is 11.7. The number of amides is 2. The summed E-state index contributed by atoms with van der Waals surface area (Å²) in [6, 6.07) is 5.46. The summed E-state index contributed by atoms with van der Waals surface area (Å²) in [6.07, 6.45) is 1.84. The first-order valence-corrected chi connectivity index (χ1v) is 5.75. The van der Waals surface area contributed by atoms with E-state index in [1.807, 2.05) is 26.0 Å². The second-order valence-corrected chi connectivity index (χ2v) is 4.52. The Hall–Kier alpha value is -1.84. The van der Waals surface area contributed by atoms with Crippen molar-refractivity contribution in [3.8, 4) is 0 Å². The fraction of sp³-hybridized carbons (Fsp3) is 0.385. The molecule has 1 aliphatic carbocycles. The molecule has 2 rings (SSSR count). The molecule has 2 N–H and O–H groups in total. The van der Waals surface area contributed by atoms with E-state index in [4.69, 9.17) is 0 Å². The van der Waals surface area contributed by atoms with Gasteiger partial charge in [-0.25, -0.2) is 0 Å². The summed E-state index contributed by atoms with van der Waals surface area (Å²) < 4.78 is 0. The van der Waals surface area contributed by atoms with Crippen LogP contribution in [-0.2, 0) is 4.79 Å². The van der Waals surface area contributed by atoms with Crippen LogP contribution in [0.4, 0.5) is 0 Å². The van der Waals surface area contributed by atoms with E-state index in [-0.39, 0.29) is 17.7 Å². The standard InChI is InChI=1S/C13H16N2O2/c1-8-3-4-11(7-9(8)2)13(17)15-14-12(16)10-5-6-10/h3-4,7,10H,5-6H2,1-2H3,(H,14,16)(H,15,17). The zero-order valence-electron chi connectivity index (χ0n) is 10.0. The van der Waals surface area contributed by atoms with Crippen LogP contribution in [0.3, 0.4) is 0 Å². The van der Waals surface area contributed by atoms with Crippen molar-refractivity contribution in [3.05, 3.63) is 34.9 Å². The summed E-state index contributed by atoms with van der Waals surface area (Å²) in [5.41, 5.74) is 7.63. The van der Waals surface area contributed by atoms with Crippen molar-refractivity contribution in [3.63, 3.8) is 0 Å². The molecule has 1 fully saturated rings. The van der Waals surface area contributed by atoms with E-state index in [1.54, 1.807) is 6.07 Å². The Balaban J connectivity index is 1.94. The van der Waals surface area contributed by atoms with Crippen LogP contribution < -0.4 is 10.9 Å². The molecule has 0 radical (unpaired) electrons. The molecule has 0 atom stereocenters. The van der Waals surface area contributed by atoms with E-state index < -0.39 is 0 Å². The molecule has 1 aliphatic rings. The summed E-state index contributed by atoms with van der Waals surface area (Å²) in [6.45, 7) is 3.95. The third-order valence-corrected chi connectivity index (χ3v) is 3.02. The molecule has 1 aromatic carbocycles. The van der Waals surface area contributed by atoms with Gasteiger partial charge in [0.15, 0.2) is 0 Å². The summed E-state index contributed by atoms with van der Waals surface area (Å²) in [7, 11) is 0. The zero-order valence-corrected chi connectivity index (χ0v) is 10.0. The number of nitrogens with one attached hydrogen (secondary N) is 2. The van der Waals surface area contributed by atoms with Gasteiger partial charge in [0, 0.05) is 11.5 Å². The van der Waals surface area contributed by atoms with Crippen molar-refractivity contribution in [2.24, 2.45) is 5.92 Å². The van der Waals surface area contributed by atoms with Crippen LogP contribution in [0, 0.1) is 19.8 Å². The van der Waals surface area contributed by atoms with Gasteiger partial charge in [-0.15, -0.1) is 0 Å². The largest absolute Gasteiger partial charge is 0.273 e. The highest BCUT2D eigenvalue weighted by Gasteiger charge is 2.29. The molecule has 0 aliphatic heterocycles. The Kier molecular flexibility index (Phi) is 3.13. The number of aryl methyl sites for hydroxylation is 2. The van der Waals surface area contributed by atoms with Crippen molar-refractivity contribution in [2.45, 2.75) is 26.7 Å². The molecule has 4 heteroatoms. The summed E-state index contributed by atoms with van der Waals surface area (Å²) in [5.74, 6) is -0.278. The van der Waals surface area contributed by atoms with E-state index in [2.05, 4.69) is 10.9 Å². The average molecular weight is 232 g/mol. The molecule has 0 saturated heterocycles. The number of hydrogen-bond donors (Lipinski definition) is 2. The Morgan fingerprint density at radius 2 is 1.82 bits per heavy atom. The Labute approximate surface area is 100 Å². The van der Waals surface area contributed by atoms with Gasteiger partial charge in [0.05, 0.1) is 0 Å². The second kappa shape index (κ2) is 4.57. The van der Waals surface area contributed by atoms with Crippen LogP contribution in [0.5, 0.6) is 0 Å². The number of hydrogen-bond acceptors (Lipinski definition) is 2. The Morgan fingerprint density at radius 1 is 1.12 bits per heavy atom. The predicted octanol–water partition coefficient (Wildman–Crippen LogP) is 1.47. The Morgan fingerprint density at radius 3 is 2.41 bits per heavy atom. The number of hydrazine groups is 1. The SMILES string of the molecule is Cc1ccc(C(=O)NNC(=O)C2CC2)cc1C. The van der Waals surface area contributed by atoms with Crippen LogP contribution >= 0.6 is 0 Å². The van der Waals surface area contributed by atoms with Crippen molar-refractivity contribution >= 4 is 11.8 Å². The van der Waals surface area contributed by atoms with Crippen molar-refractivity contribution in [1.29, 1.82) is 0 Å². The van der Waals surface area contributed by atoms with E-state index in [0.29, 0.717) is 5.56 Å². The van der Waals surface area contributed by atoms with E-state index in [9.17, 15) is 9.59 Å². The fourth-order valence-electron chi connectivity index (χ4n) is 1.52. The molecule has 4 nitrogen and oxygen atoms in total. The third-order valence-electron chi connectivity index (χ3n) is 3.02. The van der Waals surface area contributed by atoms with Crippen LogP contribution in [0.25, 0.3) is 0 Å². The molecular weight excluding hydrogens is 216 g/mol. The van der Waals surface area contributed by atoms with Gasteiger partial charge in [-0.3, -0.25) is 20.4 Å². The molecule has 1 saturated carbocycles. The highest BCUT2D eigenvalue weighted by molar-refractivity contribution is 5.96. The number of benzene rings is 1. The minimum Gasteiger partial charge on any atom is -0.273 e. The minimum absolute atomic E-state index is 0.0926. The maximum absolute atomic E-state index is 11.7. The molecular formula is C13H16N2O2. The monoisotopic (exact) mass is 232 g/mol. The first-order valence-electron chi connectivity index (χ1n) is 5.75. The van der Waals surface area contributed by atoms with E-state index in [0.717, 1.165) is 24.0 Å². The Bertz CT molecular complexity index is 464. The minimum atomic E-state index is -0.276. The average Bonchev–Trinajstić information content (AvgIpc) is 3.13. The highest BCUT2D eigenvalue weighted by Crippen LogP contribution is 2.28. The first kappa shape index (κ1) is 11.6. The maximum Gasteiger partial charge on any atom is 0.269 e. The smallest absolute Gasteiger partial charge is 0.269 e.